The number of carbonyl (C=O) groups is 1. The number of methoxy groups -OCH3 is 1. The van der Waals surface area contributed by atoms with E-state index in [-0.39, 0.29) is 12.1 Å². The lowest BCUT2D eigenvalue weighted by Gasteiger charge is -2.24. The summed E-state index contributed by atoms with van der Waals surface area (Å²) in [5.41, 5.74) is 1.76. The number of anilines is 1. The Morgan fingerprint density at radius 2 is 2.27 bits per heavy atom. The van der Waals surface area contributed by atoms with Gasteiger partial charge in [0.1, 0.15) is 11.5 Å². The molecule has 2 aromatic rings. The molecule has 0 bridgehead atoms. The molecule has 1 aromatic heterocycles. The van der Waals surface area contributed by atoms with Gasteiger partial charge in [-0.05, 0) is 49.6 Å². The minimum absolute atomic E-state index is 0.00537. The van der Waals surface area contributed by atoms with Crippen LogP contribution in [-0.4, -0.2) is 24.6 Å². The number of benzene rings is 1. The van der Waals surface area contributed by atoms with Crippen molar-refractivity contribution in [2.75, 3.05) is 19.0 Å². The summed E-state index contributed by atoms with van der Waals surface area (Å²) in [6.45, 7) is 2.71. The number of hydrogen-bond acceptors (Lipinski definition) is 3. The minimum atomic E-state index is -0.122. The summed E-state index contributed by atoms with van der Waals surface area (Å²) in [6.07, 6.45) is 3.54. The van der Waals surface area contributed by atoms with Gasteiger partial charge >= 0.3 is 6.03 Å². The van der Waals surface area contributed by atoms with Gasteiger partial charge in [-0.2, -0.15) is 0 Å². The van der Waals surface area contributed by atoms with Gasteiger partial charge in [-0.3, -0.25) is 0 Å². The number of nitrogens with zero attached hydrogens (tertiary/aromatic N) is 1. The maximum Gasteiger partial charge on any atom is 0.322 e. The molecular formula is C17H20N2O3. The van der Waals surface area contributed by atoms with Crippen molar-refractivity contribution in [2.24, 2.45) is 0 Å². The monoisotopic (exact) mass is 300 g/mol. The van der Waals surface area contributed by atoms with Gasteiger partial charge in [0.25, 0.3) is 0 Å². The standard InChI is InChI=1S/C17H20N2O3/c1-12-7-8-15(21-2)13(11-12)18-17(20)19-9-3-5-14(19)16-6-4-10-22-16/h4,6-8,10-11,14H,3,5,9H2,1-2H3,(H,18,20)/t14-/m1/s1. The van der Waals surface area contributed by atoms with Crippen LogP contribution >= 0.6 is 0 Å². The molecule has 0 saturated carbocycles. The third-order valence-corrected chi connectivity index (χ3v) is 3.98. The summed E-state index contributed by atoms with van der Waals surface area (Å²) >= 11 is 0. The van der Waals surface area contributed by atoms with E-state index in [1.165, 1.54) is 0 Å². The van der Waals surface area contributed by atoms with Crippen molar-refractivity contribution >= 4 is 11.7 Å². The molecule has 5 heteroatoms. The van der Waals surface area contributed by atoms with Crippen LogP contribution in [0.25, 0.3) is 0 Å². The molecule has 3 rings (SSSR count). The van der Waals surface area contributed by atoms with E-state index in [4.69, 9.17) is 9.15 Å². The number of ether oxygens (including phenoxy) is 1. The van der Waals surface area contributed by atoms with Crippen LogP contribution in [0.1, 0.15) is 30.2 Å². The maximum atomic E-state index is 12.6. The lowest BCUT2D eigenvalue weighted by Crippen LogP contribution is -2.34. The van der Waals surface area contributed by atoms with Crippen LogP contribution in [0.4, 0.5) is 10.5 Å². The van der Waals surface area contributed by atoms with E-state index in [9.17, 15) is 4.79 Å². The first-order valence-corrected chi connectivity index (χ1v) is 7.44. The first-order valence-electron chi connectivity index (χ1n) is 7.44. The third-order valence-electron chi connectivity index (χ3n) is 3.98. The predicted octanol–water partition coefficient (Wildman–Crippen LogP) is 3.97. The zero-order valence-electron chi connectivity index (χ0n) is 12.8. The fourth-order valence-corrected chi connectivity index (χ4v) is 2.89. The molecule has 1 saturated heterocycles. The number of urea groups is 1. The predicted molar refractivity (Wildman–Crippen MR) is 84.1 cm³/mol. The average Bonchev–Trinajstić information content (AvgIpc) is 3.18. The minimum Gasteiger partial charge on any atom is -0.495 e. The lowest BCUT2D eigenvalue weighted by atomic mass is 10.2. The molecule has 2 heterocycles. The van der Waals surface area contributed by atoms with Crippen molar-refractivity contribution in [3.63, 3.8) is 0 Å². The van der Waals surface area contributed by atoms with Gasteiger partial charge in [-0.1, -0.05) is 6.07 Å². The van der Waals surface area contributed by atoms with E-state index in [1.807, 2.05) is 42.2 Å². The highest BCUT2D eigenvalue weighted by molar-refractivity contribution is 5.91. The summed E-state index contributed by atoms with van der Waals surface area (Å²) in [6, 6.07) is 9.38. The maximum absolute atomic E-state index is 12.6. The SMILES string of the molecule is COc1ccc(C)cc1NC(=O)N1CCC[C@@H]1c1ccco1. The van der Waals surface area contributed by atoms with E-state index in [0.717, 1.165) is 30.7 Å². The largest absolute Gasteiger partial charge is 0.495 e. The van der Waals surface area contributed by atoms with E-state index < -0.39 is 0 Å². The number of nitrogens with one attached hydrogen (secondary N) is 1. The Morgan fingerprint density at radius 3 is 3.00 bits per heavy atom. The molecule has 22 heavy (non-hydrogen) atoms. The van der Waals surface area contributed by atoms with Gasteiger partial charge in [0, 0.05) is 6.54 Å². The van der Waals surface area contributed by atoms with Gasteiger partial charge in [0.05, 0.1) is 25.1 Å². The average molecular weight is 300 g/mol. The molecule has 1 atom stereocenters. The summed E-state index contributed by atoms with van der Waals surface area (Å²) in [5.74, 6) is 1.50. The van der Waals surface area contributed by atoms with Crippen LogP contribution in [0, 0.1) is 6.92 Å². The second-order valence-electron chi connectivity index (χ2n) is 5.50. The summed E-state index contributed by atoms with van der Waals surface area (Å²) in [7, 11) is 1.60. The molecule has 1 fully saturated rings. The second-order valence-corrected chi connectivity index (χ2v) is 5.50. The van der Waals surface area contributed by atoms with Crippen LogP contribution < -0.4 is 10.1 Å². The molecular weight excluding hydrogens is 280 g/mol. The highest BCUT2D eigenvalue weighted by Crippen LogP contribution is 2.33. The smallest absolute Gasteiger partial charge is 0.322 e. The Hall–Kier alpha value is -2.43. The number of furan rings is 1. The first kappa shape index (κ1) is 14.5. The van der Waals surface area contributed by atoms with Crippen LogP contribution in [0.15, 0.2) is 41.0 Å². The lowest BCUT2D eigenvalue weighted by molar-refractivity contribution is 0.199. The van der Waals surface area contributed by atoms with Crippen LogP contribution in [0.2, 0.25) is 0 Å². The molecule has 1 aliphatic heterocycles. The Kier molecular flexibility index (Phi) is 4.04. The quantitative estimate of drug-likeness (QED) is 0.933. The Morgan fingerprint density at radius 1 is 1.41 bits per heavy atom. The number of aryl methyl sites for hydroxylation is 1. The number of amides is 2. The van der Waals surface area contributed by atoms with E-state index >= 15 is 0 Å². The normalized spacial score (nSPS) is 17.5. The van der Waals surface area contributed by atoms with Crippen LogP contribution in [-0.2, 0) is 0 Å². The Balaban J connectivity index is 1.78. The van der Waals surface area contributed by atoms with Gasteiger partial charge in [0.2, 0.25) is 0 Å². The Labute approximate surface area is 129 Å². The molecule has 0 radical (unpaired) electrons. The summed E-state index contributed by atoms with van der Waals surface area (Å²) < 4.78 is 10.8. The molecule has 116 valence electrons. The molecule has 0 unspecified atom stereocenters. The zero-order valence-corrected chi connectivity index (χ0v) is 12.8. The third kappa shape index (κ3) is 2.79. The van der Waals surface area contributed by atoms with Gasteiger partial charge < -0.3 is 19.4 Å². The second kappa shape index (κ2) is 6.13. The first-order chi connectivity index (χ1) is 10.7. The zero-order chi connectivity index (χ0) is 15.5. The van der Waals surface area contributed by atoms with E-state index in [1.54, 1.807) is 13.4 Å². The topological polar surface area (TPSA) is 54.7 Å². The van der Waals surface area contributed by atoms with Gasteiger partial charge in [-0.15, -0.1) is 0 Å². The number of hydrogen-bond donors (Lipinski definition) is 1. The molecule has 0 aliphatic carbocycles. The molecule has 5 nitrogen and oxygen atoms in total. The van der Waals surface area contributed by atoms with Gasteiger partial charge in [0.15, 0.2) is 0 Å². The van der Waals surface area contributed by atoms with Crippen molar-refractivity contribution in [2.45, 2.75) is 25.8 Å². The summed E-state index contributed by atoms with van der Waals surface area (Å²) in [5, 5.41) is 2.96. The molecule has 0 spiro atoms. The number of likely N-dealkylation sites (tertiary alicyclic amines) is 1. The number of carbonyl (C=O) groups excluding carboxylic acids is 1. The number of rotatable bonds is 3. The molecule has 1 aromatic carbocycles. The highest BCUT2D eigenvalue weighted by atomic mass is 16.5. The van der Waals surface area contributed by atoms with Crippen LogP contribution in [0.3, 0.4) is 0 Å². The van der Waals surface area contributed by atoms with Crippen molar-refractivity contribution in [3.05, 3.63) is 47.9 Å². The summed E-state index contributed by atoms with van der Waals surface area (Å²) in [4.78, 5) is 14.4. The van der Waals surface area contributed by atoms with Crippen molar-refractivity contribution in [1.82, 2.24) is 4.90 Å². The highest BCUT2D eigenvalue weighted by Gasteiger charge is 2.32. The molecule has 2 amide bonds. The van der Waals surface area contributed by atoms with Crippen molar-refractivity contribution in [1.29, 1.82) is 0 Å². The molecule has 1 aliphatic rings. The van der Waals surface area contributed by atoms with E-state index in [0.29, 0.717) is 11.4 Å². The fourth-order valence-electron chi connectivity index (χ4n) is 2.89. The van der Waals surface area contributed by atoms with Gasteiger partial charge in [-0.25, -0.2) is 4.79 Å². The van der Waals surface area contributed by atoms with Crippen molar-refractivity contribution in [3.8, 4) is 5.75 Å². The van der Waals surface area contributed by atoms with E-state index in [2.05, 4.69) is 5.32 Å². The Bertz CT molecular complexity index is 652. The van der Waals surface area contributed by atoms with Crippen molar-refractivity contribution < 1.29 is 13.9 Å². The molecule has 1 N–H and O–H groups in total. The fraction of sp³-hybridized carbons (Fsp3) is 0.353. The van der Waals surface area contributed by atoms with Crippen LogP contribution in [0.5, 0.6) is 5.75 Å².